The van der Waals surface area contributed by atoms with Crippen LogP contribution in [-0.4, -0.2) is 48.4 Å². The molecule has 0 bridgehead atoms. The maximum Gasteiger partial charge on any atom is 0.376 e. The Bertz CT molecular complexity index is 438. The van der Waals surface area contributed by atoms with E-state index in [1.54, 1.807) is 14.0 Å². The molecule has 2 rings (SSSR count). The summed E-state index contributed by atoms with van der Waals surface area (Å²) in [5, 5.41) is 5.34. The predicted octanol–water partition coefficient (Wildman–Crippen LogP) is -0.566. The van der Waals surface area contributed by atoms with Crippen LogP contribution in [0, 0.1) is 5.92 Å². The maximum atomic E-state index is 11.5. The van der Waals surface area contributed by atoms with Gasteiger partial charge in [0, 0.05) is 13.3 Å². The molecule has 2 aliphatic rings. The fourth-order valence-corrected chi connectivity index (χ4v) is 1.40. The second kappa shape index (κ2) is 3.84. The van der Waals surface area contributed by atoms with Gasteiger partial charge < -0.3 is 4.74 Å². The molecule has 2 aliphatic heterocycles. The normalized spacial score (nSPS) is 22.8. The number of amidine groups is 2. The van der Waals surface area contributed by atoms with Crippen LogP contribution in [0.15, 0.2) is 15.1 Å². The quantitative estimate of drug-likeness (QED) is 0.586. The van der Waals surface area contributed by atoms with Gasteiger partial charge in [-0.15, -0.1) is 0 Å². The van der Waals surface area contributed by atoms with Crippen LogP contribution in [0.2, 0.25) is 0 Å². The molecule has 1 unspecified atom stereocenters. The lowest BCUT2D eigenvalue weighted by molar-refractivity contribution is -0.135. The van der Waals surface area contributed by atoms with Gasteiger partial charge in [-0.05, 0) is 6.92 Å². The highest BCUT2D eigenvalue weighted by Crippen LogP contribution is 2.16. The smallest absolute Gasteiger partial charge is 0.376 e. The molecular formula is C9H10N4O3. The third-order valence-electron chi connectivity index (χ3n) is 2.16. The largest absolute Gasteiger partial charge is 0.460 e. The number of carbonyl (C=O) groups excluding carboxylic acids is 2. The lowest BCUT2D eigenvalue weighted by atomic mass is 10.1. The van der Waals surface area contributed by atoms with Crippen molar-refractivity contribution in [3.8, 4) is 0 Å². The van der Waals surface area contributed by atoms with Crippen molar-refractivity contribution in [2.24, 2.45) is 21.0 Å². The van der Waals surface area contributed by atoms with Gasteiger partial charge >= 0.3 is 5.97 Å². The second-order valence-corrected chi connectivity index (χ2v) is 3.23. The highest BCUT2D eigenvalue weighted by molar-refractivity contribution is 6.42. The van der Waals surface area contributed by atoms with Crippen molar-refractivity contribution in [2.75, 3.05) is 13.7 Å². The van der Waals surface area contributed by atoms with Crippen molar-refractivity contribution in [1.29, 1.82) is 0 Å². The summed E-state index contributed by atoms with van der Waals surface area (Å²) in [5.74, 6) is -1.51. The number of hydrogen-bond donors (Lipinski definition) is 0. The minimum atomic E-state index is -0.692. The minimum Gasteiger partial charge on any atom is -0.460 e. The Morgan fingerprint density at radius 2 is 2.31 bits per heavy atom. The average Bonchev–Trinajstić information content (AvgIpc) is 2.61. The fourth-order valence-electron chi connectivity index (χ4n) is 1.40. The van der Waals surface area contributed by atoms with Crippen molar-refractivity contribution in [3.63, 3.8) is 0 Å². The predicted molar refractivity (Wildman–Crippen MR) is 56.3 cm³/mol. The first-order valence-corrected chi connectivity index (χ1v) is 4.79. The number of esters is 1. The number of carbonyl (C=O) groups is 2. The molecule has 0 saturated carbocycles. The van der Waals surface area contributed by atoms with Gasteiger partial charge in [0.1, 0.15) is 11.8 Å². The Morgan fingerprint density at radius 1 is 1.56 bits per heavy atom. The lowest BCUT2D eigenvalue weighted by Gasteiger charge is -2.15. The monoisotopic (exact) mass is 222 g/mol. The van der Waals surface area contributed by atoms with Crippen LogP contribution in [0.1, 0.15) is 6.92 Å². The van der Waals surface area contributed by atoms with Crippen LogP contribution in [-0.2, 0) is 14.3 Å². The molecule has 0 N–H and O–H groups in total. The zero-order valence-electron chi connectivity index (χ0n) is 8.88. The summed E-state index contributed by atoms with van der Waals surface area (Å²) < 4.78 is 4.73. The molecule has 0 fully saturated rings. The van der Waals surface area contributed by atoms with E-state index in [0.29, 0.717) is 5.84 Å². The summed E-state index contributed by atoms with van der Waals surface area (Å²) in [4.78, 5) is 30.5. The Kier molecular flexibility index (Phi) is 2.51. The number of amides is 1. The zero-order chi connectivity index (χ0) is 11.7. The van der Waals surface area contributed by atoms with E-state index in [9.17, 15) is 9.59 Å². The molecule has 0 aromatic carbocycles. The van der Waals surface area contributed by atoms with Crippen LogP contribution in [0.25, 0.3) is 0 Å². The number of aliphatic imine (C=N–C) groups is 2. The van der Waals surface area contributed by atoms with Crippen LogP contribution in [0.4, 0.5) is 0 Å². The average molecular weight is 222 g/mol. The zero-order valence-corrected chi connectivity index (χ0v) is 8.88. The molecule has 1 atom stereocenters. The summed E-state index contributed by atoms with van der Waals surface area (Å²) >= 11 is 0. The van der Waals surface area contributed by atoms with E-state index < -0.39 is 17.8 Å². The molecule has 7 heteroatoms. The summed E-state index contributed by atoms with van der Waals surface area (Å²) in [7, 11) is 1.65. The molecule has 16 heavy (non-hydrogen) atoms. The van der Waals surface area contributed by atoms with Gasteiger partial charge in [-0.25, -0.2) is 9.79 Å². The number of nitrogens with zero attached hydrogens (tertiary/aromatic N) is 4. The number of hydrogen-bond acceptors (Lipinski definition) is 6. The number of fused-ring (bicyclic) bond motifs is 1. The van der Waals surface area contributed by atoms with Crippen LogP contribution in [0.3, 0.4) is 0 Å². The molecule has 0 aromatic rings. The van der Waals surface area contributed by atoms with Crippen molar-refractivity contribution >= 4 is 29.8 Å². The molecule has 7 nitrogen and oxygen atoms in total. The molecule has 0 saturated heterocycles. The number of hydrazone groups is 1. The third kappa shape index (κ3) is 1.60. The molecule has 0 spiro atoms. The summed E-state index contributed by atoms with van der Waals surface area (Å²) in [6, 6.07) is 0. The third-order valence-corrected chi connectivity index (χ3v) is 2.16. The van der Waals surface area contributed by atoms with Crippen molar-refractivity contribution in [2.45, 2.75) is 6.92 Å². The van der Waals surface area contributed by atoms with E-state index in [2.05, 4.69) is 15.1 Å². The fraction of sp³-hybridized carbons (Fsp3) is 0.444. The molecule has 0 aromatic heterocycles. The molecule has 2 heterocycles. The van der Waals surface area contributed by atoms with Gasteiger partial charge in [-0.3, -0.25) is 9.80 Å². The lowest BCUT2D eigenvalue weighted by Crippen LogP contribution is -2.35. The Morgan fingerprint density at radius 3 is 3.00 bits per heavy atom. The van der Waals surface area contributed by atoms with Gasteiger partial charge in [0.25, 0.3) is 5.91 Å². The number of rotatable bonds is 2. The van der Waals surface area contributed by atoms with E-state index in [4.69, 9.17) is 4.74 Å². The molecule has 1 amide bonds. The topological polar surface area (TPSA) is 83.7 Å². The van der Waals surface area contributed by atoms with Gasteiger partial charge in [0.15, 0.2) is 0 Å². The first-order chi connectivity index (χ1) is 7.63. The van der Waals surface area contributed by atoms with Crippen molar-refractivity contribution in [1.82, 2.24) is 5.01 Å². The van der Waals surface area contributed by atoms with E-state index in [-0.39, 0.29) is 12.4 Å². The van der Waals surface area contributed by atoms with Gasteiger partial charge in [0.05, 0.1) is 6.61 Å². The van der Waals surface area contributed by atoms with Gasteiger partial charge in [0.2, 0.25) is 5.84 Å². The minimum absolute atomic E-state index is 0.213. The SMILES string of the molecule is CCOC(=O)C1=NC(=O)C2C=NN(C)C2=N1. The highest BCUT2D eigenvalue weighted by Gasteiger charge is 2.35. The van der Waals surface area contributed by atoms with Gasteiger partial charge in [-0.1, -0.05) is 0 Å². The number of ether oxygens (including phenoxy) is 1. The van der Waals surface area contributed by atoms with E-state index in [0.717, 1.165) is 0 Å². The van der Waals surface area contributed by atoms with Crippen LogP contribution < -0.4 is 0 Å². The Hall–Kier alpha value is -2.05. The maximum absolute atomic E-state index is 11.5. The van der Waals surface area contributed by atoms with Crippen molar-refractivity contribution in [3.05, 3.63) is 0 Å². The van der Waals surface area contributed by atoms with E-state index in [1.807, 2.05) is 0 Å². The first kappa shape index (κ1) is 10.5. The van der Waals surface area contributed by atoms with E-state index in [1.165, 1.54) is 11.2 Å². The Labute approximate surface area is 91.5 Å². The second-order valence-electron chi connectivity index (χ2n) is 3.23. The summed E-state index contributed by atoms with van der Waals surface area (Å²) in [5.41, 5.74) is 0. The standard InChI is InChI=1S/C9H10N4O3/c1-3-16-9(15)6-11-7-5(8(14)12-6)4-10-13(7)2/h4-5H,3H2,1-2H3. The summed E-state index contributed by atoms with van der Waals surface area (Å²) in [6.45, 7) is 1.89. The highest BCUT2D eigenvalue weighted by atomic mass is 16.5. The Balaban J connectivity index is 2.28. The molecule has 0 radical (unpaired) electrons. The molecular weight excluding hydrogens is 212 g/mol. The summed E-state index contributed by atoms with van der Waals surface area (Å²) in [6.07, 6.45) is 1.45. The van der Waals surface area contributed by atoms with Gasteiger partial charge in [-0.2, -0.15) is 10.1 Å². The van der Waals surface area contributed by atoms with Crippen LogP contribution >= 0.6 is 0 Å². The molecule has 0 aliphatic carbocycles. The van der Waals surface area contributed by atoms with Crippen molar-refractivity contribution < 1.29 is 14.3 Å². The molecule has 84 valence electrons. The van der Waals surface area contributed by atoms with Crippen LogP contribution in [0.5, 0.6) is 0 Å². The van der Waals surface area contributed by atoms with E-state index >= 15 is 0 Å². The first-order valence-electron chi connectivity index (χ1n) is 4.79.